The lowest BCUT2D eigenvalue weighted by Crippen LogP contribution is -2.12. The lowest BCUT2D eigenvalue weighted by atomic mass is 9.86. The first-order chi connectivity index (χ1) is 14.7. The predicted molar refractivity (Wildman–Crippen MR) is 120 cm³/mol. The predicted octanol–water partition coefficient (Wildman–Crippen LogP) is 4.22. The molecule has 2 aromatic heterocycles. The molecule has 6 nitrogen and oxygen atoms in total. The number of rotatable bonds is 5. The number of aromatic nitrogens is 3. The Hall–Kier alpha value is -3.80. The quantitative estimate of drug-likeness (QED) is 0.497. The van der Waals surface area contributed by atoms with E-state index in [-0.39, 0.29) is 17.6 Å². The van der Waals surface area contributed by atoms with Crippen molar-refractivity contribution in [2.45, 2.75) is 32.6 Å². The molecule has 0 spiro atoms. The number of primary amides is 1. The Morgan fingerprint density at radius 2 is 1.58 bits per heavy atom. The van der Waals surface area contributed by atoms with Crippen LogP contribution in [0.3, 0.4) is 0 Å². The molecule has 6 heteroatoms. The van der Waals surface area contributed by atoms with Gasteiger partial charge in [-0.05, 0) is 29.2 Å². The first kappa shape index (κ1) is 20.5. The van der Waals surface area contributed by atoms with Gasteiger partial charge in [-0.3, -0.25) is 9.59 Å². The fourth-order valence-corrected chi connectivity index (χ4v) is 3.49. The lowest BCUT2D eigenvalue weighted by Gasteiger charge is -2.19. The molecule has 31 heavy (non-hydrogen) atoms. The molecule has 0 saturated carbocycles. The highest BCUT2D eigenvalue weighted by atomic mass is 16.1. The highest BCUT2D eigenvalue weighted by Crippen LogP contribution is 2.24. The van der Waals surface area contributed by atoms with E-state index in [4.69, 9.17) is 5.73 Å². The maximum absolute atomic E-state index is 12.9. The number of carbonyl (C=O) groups excluding carboxylic acids is 2. The van der Waals surface area contributed by atoms with E-state index in [1.165, 1.54) is 5.56 Å². The number of carbonyl (C=O) groups is 2. The monoisotopic (exact) mass is 412 g/mol. The van der Waals surface area contributed by atoms with Crippen molar-refractivity contribution in [1.82, 2.24) is 14.6 Å². The summed E-state index contributed by atoms with van der Waals surface area (Å²) < 4.78 is 1.71. The molecule has 0 fully saturated rings. The fraction of sp³-hybridized carbons (Fsp3) is 0.200. The Bertz CT molecular complexity index is 1260. The summed E-state index contributed by atoms with van der Waals surface area (Å²) in [5.74, 6) is -0.471. The molecule has 2 aromatic carbocycles. The third-order valence-electron chi connectivity index (χ3n) is 5.29. The van der Waals surface area contributed by atoms with Crippen LogP contribution in [0.1, 0.15) is 52.7 Å². The number of nitrogens with two attached hydrogens (primary N) is 1. The lowest BCUT2D eigenvalue weighted by molar-refractivity contribution is 0.0986. The maximum Gasteiger partial charge on any atom is 0.248 e. The summed E-state index contributed by atoms with van der Waals surface area (Å²) in [5.41, 5.74) is 10.6. The van der Waals surface area contributed by atoms with Crippen LogP contribution in [0.4, 0.5) is 0 Å². The van der Waals surface area contributed by atoms with E-state index < -0.39 is 5.91 Å². The molecule has 2 heterocycles. The molecule has 0 aliphatic carbocycles. The van der Waals surface area contributed by atoms with Crippen molar-refractivity contribution in [3.05, 3.63) is 89.2 Å². The summed E-state index contributed by atoms with van der Waals surface area (Å²) in [4.78, 5) is 28.9. The van der Waals surface area contributed by atoms with Crippen LogP contribution in [0.25, 0.3) is 16.9 Å². The van der Waals surface area contributed by atoms with E-state index in [1.807, 2.05) is 42.5 Å². The van der Waals surface area contributed by atoms with Crippen LogP contribution < -0.4 is 5.73 Å². The molecule has 0 saturated heterocycles. The highest BCUT2D eigenvalue weighted by Gasteiger charge is 2.16. The zero-order valence-corrected chi connectivity index (χ0v) is 17.8. The molecule has 0 aliphatic rings. The molecule has 1 amide bonds. The second-order valence-corrected chi connectivity index (χ2v) is 8.60. The topological polar surface area (TPSA) is 90.4 Å². The van der Waals surface area contributed by atoms with Crippen molar-refractivity contribution < 1.29 is 9.59 Å². The number of benzene rings is 2. The van der Waals surface area contributed by atoms with Crippen molar-refractivity contribution in [3.8, 4) is 11.3 Å². The molecule has 2 N–H and O–H groups in total. The molecule has 4 rings (SSSR count). The number of amides is 1. The molecule has 0 atom stereocenters. The summed E-state index contributed by atoms with van der Waals surface area (Å²) in [6.07, 6.45) is 1.85. The largest absolute Gasteiger partial charge is 0.366 e. The van der Waals surface area contributed by atoms with Crippen molar-refractivity contribution in [2.24, 2.45) is 5.73 Å². The molecular weight excluding hydrogens is 388 g/mol. The molecule has 4 aromatic rings. The summed E-state index contributed by atoms with van der Waals surface area (Å²) in [6, 6.07) is 18.4. The molecular formula is C25H24N4O2. The summed E-state index contributed by atoms with van der Waals surface area (Å²) >= 11 is 0. The van der Waals surface area contributed by atoms with Gasteiger partial charge in [-0.15, -0.1) is 0 Å². The number of hydrogen-bond donors (Lipinski definition) is 1. The highest BCUT2D eigenvalue weighted by molar-refractivity contribution is 5.97. The molecule has 0 aliphatic heterocycles. The van der Waals surface area contributed by atoms with Gasteiger partial charge in [-0.1, -0.05) is 57.2 Å². The van der Waals surface area contributed by atoms with Crippen molar-refractivity contribution in [1.29, 1.82) is 0 Å². The maximum atomic E-state index is 12.9. The SMILES string of the molecule is CC(C)(C)c1ccc(C(=O)Cc2cc(-c3ccc(C(N)=O)cc3)n3nccc3n2)cc1. The van der Waals surface area contributed by atoms with Crippen molar-refractivity contribution >= 4 is 17.3 Å². The van der Waals surface area contributed by atoms with E-state index in [0.29, 0.717) is 22.5 Å². The van der Waals surface area contributed by atoms with Gasteiger partial charge in [0.1, 0.15) is 0 Å². The van der Waals surface area contributed by atoms with E-state index in [9.17, 15) is 9.59 Å². The van der Waals surface area contributed by atoms with Crippen molar-refractivity contribution in [2.75, 3.05) is 0 Å². The first-order valence-corrected chi connectivity index (χ1v) is 10.1. The fourth-order valence-electron chi connectivity index (χ4n) is 3.49. The minimum Gasteiger partial charge on any atom is -0.366 e. The van der Waals surface area contributed by atoms with Gasteiger partial charge in [0.15, 0.2) is 11.4 Å². The van der Waals surface area contributed by atoms with Gasteiger partial charge in [0.25, 0.3) is 0 Å². The second kappa shape index (κ2) is 7.80. The number of fused-ring (bicyclic) bond motifs is 1. The summed E-state index contributed by atoms with van der Waals surface area (Å²) in [5, 5.41) is 4.34. The standard InChI is InChI=1S/C25H24N4O2/c1-25(2,3)19-10-8-17(9-11-19)22(30)15-20-14-21(29-23(28-20)12-13-27-29)16-4-6-18(7-5-16)24(26)31/h4-14H,15H2,1-3H3,(H2,26,31). The average molecular weight is 412 g/mol. The van der Waals surface area contributed by atoms with Crippen LogP contribution in [-0.4, -0.2) is 26.3 Å². The normalized spacial score (nSPS) is 11.6. The van der Waals surface area contributed by atoms with Crippen LogP contribution in [0.2, 0.25) is 0 Å². The van der Waals surface area contributed by atoms with Crippen LogP contribution in [0.15, 0.2) is 66.9 Å². The third kappa shape index (κ3) is 4.23. The Labute approximate surface area is 180 Å². The van der Waals surface area contributed by atoms with Gasteiger partial charge in [0.2, 0.25) is 5.91 Å². The van der Waals surface area contributed by atoms with E-state index >= 15 is 0 Å². The minimum atomic E-state index is -0.478. The Kier molecular flexibility index (Phi) is 5.15. The Balaban J connectivity index is 1.65. The van der Waals surface area contributed by atoms with Gasteiger partial charge in [0.05, 0.1) is 24.0 Å². The first-order valence-electron chi connectivity index (χ1n) is 10.1. The van der Waals surface area contributed by atoms with Gasteiger partial charge in [0, 0.05) is 22.8 Å². The van der Waals surface area contributed by atoms with E-state index in [2.05, 4.69) is 30.9 Å². The number of ketones is 1. The summed E-state index contributed by atoms with van der Waals surface area (Å²) in [7, 11) is 0. The Morgan fingerprint density at radius 1 is 0.935 bits per heavy atom. The average Bonchev–Trinajstić information content (AvgIpc) is 3.21. The van der Waals surface area contributed by atoms with Crippen LogP contribution in [0.5, 0.6) is 0 Å². The molecule has 0 radical (unpaired) electrons. The smallest absolute Gasteiger partial charge is 0.248 e. The number of hydrogen-bond acceptors (Lipinski definition) is 4. The molecule has 0 unspecified atom stereocenters. The second-order valence-electron chi connectivity index (χ2n) is 8.60. The zero-order chi connectivity index (χ0) is 22.2. The van der Waals surface area contributed by atoms with Crippen LogP contribution in [0, 0.1) is 0 Å². The third-order valence-corrected chi connectivity index (χ3v) is 5.29. The minimum absolute atomic E-state index is 0.00634. The summed E-state index contributed by atoms with van der Waals surface area (Å²) in [6.45, 7) is 6.43. The van der Waals surface area contributed by atoms with E-state index in [0.717, 1.165) is 11.3 Å². The van der Waals surface area contributed by atoms with Crippen molar-refractivity contribution in [3.63, 3.8) is 0 Å². The van der Waals surface area contributed by atoms with Gasteiger partial charge >= 0.3 is 0 Å². The Morgan fingerprint density at radius 3 is 2.19 bits per heavy atom. The van der Waals surface area contributed by atoms with E-state index in [1.54, 1.807) is 28.9 Å². The zero-order valence-electron chi connectivity index (χ0n) is 17.8. The van der Waals surface area contributed by atoms with Crippen LogP contribution >= 0.6 is 0 Å². The molecule has 156 valence electrons. The molecule has 0 bridgehead atoms. The van der Waals surface area contributed by atoms with Gasteiger partial charge in [-0.2, -0.15) is 5.10 Å². The van der Waals surface area contributed by atoms with Gasteiger partial charge in [-0.25, -0.2) is 9.50 Å². The number of Topliss-reactive ketones (excluding diaryl/α,β-unsaturated/α-hetero) is 1. The number of nitrogens with zero attached hydrogens (tertiary/aromatic N) is 3. The van der Waals surface area contributed by atoms with Gasteiger partial charge < -0.3 is 5.73 Å². The van der Waals surface area contributed by atoms with Crippen LogP contribution in [-0.2, 0) is 11.8 Å².